The molecule has 5 heteroatoms. The molecular formula is C39H45NO4. The molecule has 0 saturated heterocycles. The van der Waals surface area contributed by atoms with Crippen molar-refractivity contribution in [3.05, 3.63) is 137 Å². The number of allylic oxidation sites excluding steroid dienone is 10. The largest absolute Gasteiger partial charge is 0.481 e. The number of aliphatic hydroxyl groups excluding tert-OH is 1. The number of carboxylic acid groups (broad SMARTS) is 1. The summed E-state index contributed by atoms with van der Waals surface area (Å²) in [7, 11) is 2.10. The number of benzene rings is 3. The van der Waals surface area contributed by atoms with Crippen LogP contribution in [0, 0.1) is 12.3 Å². The first-order chi connectivity index (χ1) is 20.9. The van der Waals surface area contributed by atoms with Gasteiger partial charge in [0.2, 0.25) is 0 Å². The summed E-state index contributed by atoms with van der Waals surface area (Å²) < 4.78 is 0. The Morgan fingerprint density at radius 1 is 0.909 bits per heavy atom. The van der Waals surface area contributed by atoms with Crippen LogP contribution in [0.2, 0.25) is 0 Å². The quantitative estimate of drug-likeness (QED) is 0.264. The number of hydrogen-bond donors (Lipinski definition) is 3. The predicted octanol–water partition coefficient (Wildman–Crippen LogP) is 8.85. The zero-order valence-corrected chi connectivity index (χ0v) is 26.7. The van der Waals surface area contributed by atoms with Gasteiger partial charge in [-0.2, -0.15) is 0 Å². The van der Waals surface area contributed by atoms with Crippen molar-refractivity contribution in [3.8, 4) is 0 Å². The van der Waals surface area contributed by atoms with Crippen LogP contribution in [0.25, 0.3) is 22.4 Å². The molecule has 3 aromatic rings. The molecule has 44 heavy (non-hydrogen) atoms. The minimum atomic E-state index is -1.17. The minimum Gasteiger partial charge on any atom is -0.481 e. The maximum Gasteiger partial charge on any atom is 0.300 e. The highest BCUT2D eigenvalue weighted by molar-refractivity contribution is 5.93. The van der Waals surface area contributed by atoms with Crippen molar-refractivity contribution in [2.45, 2.75) is 53.8 Å². The highest BCUT2D eigenvalue weighted by Crippen LogP contribution is 2.39. The standard InChI is InChI=1S/C35H35N.C2H6O2.C2H4O2/c1-26-19-20-29(32-16-6-5-15-31(26)32)13-9-11-27-23-28(25-35(2,3)24-27)12-10-14-30-21-22-36(4)34-18-8-7-17-33(30)34;2*1-2(3)4/h5-23H,24-25H2,1-4H3;2-4H,1H3;1H3,(H,3,4)/b12-10?,13-9?,27-11-,30-14?;;. The Hall–Kier alpha value is -4.45. The van der Waals surface area contributed by atoms with Crippen molar-refractivity contribution in [2.75, 3.05) is 11.9 Å². The molecular weight excluding hydrogens is 546 g/mol. The Labute approximate surface area is 262 Å². The van der Waals surface area contributed by atoms with Gasteiger partial charge in [-0.25, -0.2) is 0 Å². The first-order valence-corrected chi connectivity index (χ1v) is 14.9. The number of rotatable bonds is 4. The molecule has 0 radical (unpaired) electrons. The van der Waals surface area contributed by atoms with Gasteiger partial charge in [-0.1, -0.05) is 111 Å². The predicted molar refractivity (Wildman–Crippen MR) is 185 cm³/mol. The number of hydrogen-bond acceptors (Lipinski definition) is 4. The zero-order valence-electron chi connectivity index (χ0n) is 26.7. The first-order valence-electron chi connectivity index (χ1n) is 14.9. The van der Waals surface area contributed by atoms with E-state index in [1.165, 1.54) is 56.8 Å². The van der Waals surface area contributed by atoms with E-state index in [0.29, 0.717) is 0 Å². The van der Waals surface area contributed by atoms with Crippen LogP contribution < -0.4 is 4.90 Å². The lowest BCUT2D eigenvalue weighted by Crippen LogP contribution is -2.16. The van der Waals surface area contributed by atoms with Crippen molar-refractivity contribution >= 4 is 34.1 Å². The molecule has 1 heterocycles. The molecule has 0 fully saturated rings. The molecule has 5 nitrogen and oxygen atoms in total. The molecule has 0 unspecified atom stereocenters. The maximum absolute atomic E-state index is 9.00. The average Bonchev–Trinajstić information content (AvgIpc) is 2.94. The maximum atomic E-state index is 9.00. The Kier molecular flexibility index (Phi) is 12.3. The van der Waals surface area contributed by atoms with E-state index in [9.17, 15) is 0 Å². The van der Waals surface area contributed by atoms with Crippen LogP contribution in [0.3, 0.4) is 0 Å². The summed E-state index contributed by atoms with van der Waals surface area (Å²) in [6.07, 6.45) is 21.2. The summed E-state index contributed by atoms with van der Waals surface area (Å²) in [5.74, 6) is -0.833. The molecule has 3 aromatic carbocycles. The van der Waals surface area contributed by atoms with Crippen LogP contribution in [0.15, 0.2) is 121 Å². The van der Waals surface area contributed by atoms with Gasteiger partial charge in [-0.15, -0.1) is 0 Å². The first kappa shape index (κ1) is 34.0. The molecule has 0 saturated carbocycles. The number of anilines is 1. The number of aliphatic carboxylic acids is 1. The van der Waals surface area contributed by atoms with E-state index in [1.54, 1.807) is 0 Å². The van der Waals surface area contributed by atoms with Crippen molar-refractivity contribution < 1.29 is 20.1 Å². The Bertz CT molecular complexity index is 1630. The third kappa shape index (κ3) is 10.4. The zero-order chi connectivity index (χ0) is 32.3. The molecule has 230 valence electrons. The fourth-order valence-corrected chi connectivity index (χ4v) is 5.42. The SMILES string of the molecule is CC(=O)O.CC(O)O.Cc1ccc(C=C/C=C2/C=C(C=CC=C3C=CN(C)c4ccccc43)CC(C)(C)C2)c2ccccc12. The molecule has 1 aliphatic heterocycles. The van der Waals surface area contributed by atoms with Gasteiger partial charge in [0, 0.05) is 31.4 Å². The summed E-state index contributed by atoms with van der Waals surface area (Å²) >= 11 is 0. The summed E-state index contributed by atoms with van der Waals surface area (Å²) in [5, 5.41) is 25.3. The molecule has 0 amide bonds. The average molecular weight is 592 g/mol. The van der Waals surface area contributed by atoms with Crippen LogP contribution in [-0.4, -0.2) is 34.6 Å². The molecule has 1 aliphatic carbocycles. The third-order valence-corrected chi connectivity index (χ3v) is 7.16. The normalized spacial score (nSPS) is 17.4. The number of carboxylic acids is 1. The second-order valence-electron chi connectivity index (χ2n) is 11.9. The number of aryl methyl sites for hydroxylation is 1. The van der Waals surface area contributed by atoms with Gasteiger partial charge in [0.1, 0.15) is 6.29 Å². The van der Waals surface area contributed by atoms with Gasteiger partial charge < -0.3 is 20.2 Å². The van der Waals surface area contributed by atoms with Crippen LogP contribution in [0.1, 0.15) is 57.2 Å². The second-order valence-corrected chi connectivity index (χ2v) is 11.9. The van der Waals surface area contributed by atoms with Gasteiger partial charge in [-0.05, 0) is 82.9 Å². The molecule has 0 aromatic heterocycles. The molecule has 0 bridgehead atoms. The summed E-state index contributed by atoms with van der Waals surface area (Å²) in [6.45, 7) is 9.28. The van der Waals surface area contributed by atoms with E-state index in [4.69, 9.17) is 20.1 Å². The van der Waals surface area contributed by atoms with Crippen molar-refractivity contribution in [2.24, 2.45) is 5.41 Å². The van der Waals surface area contributed by atoms with Gasteiger partial charge in [-0.3, -0.25) is 4.79 Å². The van der Waals surface area contributed by atoms with Gasteiger partial charge >= 0.3 is 0 Å². The van der Waals surface area contributed by atoms with E-state index in [0.717, 1.165) is 19.8 Å². The molecule has 2 aliphatic rings. The molecule has 5 rings (SSSR count). The lowest BCUT2D eigenvalue weighted by atomic mass is 9.75. The van der Waals surface area contributed by atoms with Crippen molar-refractivity contribution in [3.63, 3.8) is 0 Å². The summed E-state index contributed by atoms with van der Waals surface area (Å²) in [5.41, 5.74) is 9.38. The Morgan fingerprint density at radius 2 is 1.52 bits per heavy atom. The van der Waals surface area contributed by atoms with E-state index in [2.05, 4.69) is 148 Å². The molecule has 0 atom stereocenters. The number of aliphatic hydroxyl groups is 2. The highest BCUT2D eigenvalue weighted by Gasteiger charge is 2.24. The number of carbonyl (C=O) groups is 1. The highest BCUT2D eigenvalue weighted by atomic mass is 16.5. The van der Waals surface area contributed by atoms with E-state index in [-0.39, 0.29) is 5.41 Å². The van der Waals surface area contributed by atoms with Gasteiger partial charge in [0.25, 0.3) is 5.97 Å². The van der Waals surface area contributed by atoms with E-state index >= 15 is 0 Å². The fraction of sp³-hybridized carbons (Fsp3) is 0.256. The second kappa shape index (κ2) is 15.9. The Morgan fingerprint density at radius 3 is 2.23 bits per heavy atom. The lowest BCUT2D eigenvalue weighted by Gasteiger charge is -2.30. The van der Waals surface area contributed by atoms with E-state index in [1.807, 2.05) is 0 Å². The molecule has 0 spiro atoms. The van der Waals surface area contributed by atoms with Gasteiger partial charge in [0.05, 0.1) is 0 Å². The van der Waals surface area contributed by atoms with Crippen LogP contribution in [0.4, 0.5) is 5.69 Å². The number of fused-ring (bicyclic) bond motifs is 2. The third-order valence-electron chi connectivity index (χ3n) is 7.16. The van der Waals surface area contributed by atoms with Crippen LogP contribution in [0.5, 0.6) is 0 Å². The number of para-hydroxylation sites is 1. The van der Waals surface area contributed by atoms with Crippen molar-refractivity contribution in [1.82, 2.24) is 0 Å². The van der Waals surface area contributed by atoms with E-state index < -0.39 is 12.3 Å². The summed E-state index contributed by atoms with van der Waals surface area (Å²) in [6, 6.07) is 21.7. The monoisotopic (exact) mass is 591 g/mol. The topological polar surface area (TPSA) is 81.0 Å². The number of nitrogens with zero attached hydrogens (tertiary/aromatic N) is 1. The fourth-order valence-electron chi connectivity index (χ4n) is 5.42. The van der Waals surface area contributed by atoms with Crippen LogP contribution in [-0.2, 0) is 4.79 Å². The smallest absolute Gasteiger partial charge is 0.300 e. The van der Waals surface area contributed by atoms with Crippen LogP contribution >= 0.6 is 0 Å². The van der Waals surface area contributed by atoms with Crippen molar-refractivity contribution in [1.29, 1.82) is 0 Å². The summed E-state index contributed by atoms with van der Waals surface area (Å²) in [4.78, 5) is 11.2. The minimum absolute atomic E-state index is 0.248. The lowest BCUT2D eigenvalue weighted by molar-refractivity contribution is -0.134. The van der Waals surface area contributed by atoms with Gasteiger partial charge in [0.15, 0.2) is 0 Å². The molecule has 3 N–H and O–H groups in total. The Balaban J connectivity index is 0.000000592.